The third-order valence-electron chi connectivity index (χ3n) is 3.79. The molecule has 0 radical (unpaired) electrons. The first-order chi connectivity index (χ1) is 13.5. The Morgan fingerprint density at radius 2 is 1.72 bits per heavy atom. The van der Waals surface area contributed by atoms with Gasteiger partial charge in [0, 0.05) is 13.0 Å². The van der Waals surface area contributed by atoms with Gasteiger partial charge in [-0.05, 0) is 46.2 Å². The SMILES string of the molecule is COCCOCC(CCOS(=O)(=O)c1ccc(C)cc1)C(=N)C(=O)OC(C)(C)C. The van der Waals surface area contributed by atoms with Gasteiger partial charge >= 0.3 is 5.97 Å². The number of nitrogens with one attached hydrogen (secondary N) is 1. The third-order valence-corrected chi connectivity index (χ3v) is 5.12. The van der Waals surface area contributed by atoms with E-state index in [0.717, 1.165) is 5.56 Å². The van der Waals surface area contributed by atoms with E-state index in [0.29, 0.717) is 6.61 Å². The van der Waals surface area contributed by atoms with Crippen LogP contribution in [0, 0.1) is 18.3 Å². The van der Waals surface area contributed by atoms with E-state index in [9.17, 15) is 13.2 Å². The van der Waals surface area contributed by atoms with Gasteiger partial charge in [-0.25, -0.2) is 4.79 Å². The molecule has 1 rings (SSSR count). The maximum atomic E-state index is 12.3. The molecule has 1 unspecified atom stereocenters. The van der Waals surface area contributed by atoms with Crippen LogP contribution in [0.3, 0.4) is 0 Å². The molecule has 9 heteroatoms. The predicted octanol–water partition coefficient (Wildman–Crippen LogP) is 2.73. The van der Waals surface area contributed by atoms with Crippen LogP contribution in [-0.4, -0.2) is 59.2 Å². The van der Waals surface area contributed by atoms with E-state index in [4.69, 9.17) is 23.8 Å². The fourth-order valence-corrected chi connectivity index (χ4v) is 3.17. The highest BCUT2D eigenvalue weighted by molar-refractivity contribution is 7.86. The Balaban J connectivity index is 2.74. The first-order valence-corrected chi connectivity index (χ1v) is 10.7. The molecule has 29 heavy (non-hydrogen) atoms. The highest BCUT2D eigenvalue weighted by Crippen LogP contribution is 2.17. The lowest BCUT2D eigenvalue weighted by atomic mass is 10.0. The van der Waals surface area contributed by atoms with Crippen molar-refractivity contribution in [3.63, 3.8) is 0 Å². The molecule has 0 saturated heterocycles. The van der Waals surface area contributed by atoms with Gasteiger partial charge in [-0.15, -0.1) is 0 Å². The molecule has 0 amide bonds. The fourth-order valence-electron chi connectivity index (χ4n) is 2.25. The molecular weight excluding hydrogens is 398 g/mol. The number of hydrogen-bond donors (Lipinski definition) is 1. The maximum Gasteiger partial charge on any atom is 0.352 e. The molecule has 1 aromatic carbocycles. The maximum absolute atomic E-state index is 12.3. The molecule has 0 heterocycles. The first kappa shape index (κ1) is 25.2. The number of methoxy groups -OCH3 is 1. The van der Waals surface area contributed by atoms with E-state index in [-0.39, 0.29) is 36.8 Å². The van der Waals surface area contributed by atoms with E-state index in [1.165, 1.54) is 19.2 Å². The molecule has 1 atom stereocenters. The average Bonchev–Trinajstić information content (AvgIpc) is 2.62. The van der Waals surface area contributed by atoms with Crippen LogP contribution < -0.4 is 0 Å². The van der Waals surface area contributed by atoms with Gasteiger partial charge < -0.3 is 14.2 Å². The van der Waals surface area contributed by atoms with Crippen molar-refractivity contribution in [1.29, 1.82) is 5.41 Å². The van der Waals surface area contributed by atoms with Crippen molar-refractivity contribution in [2.45, 2.75) is 44.6 Å². The largest absolute Gasteiger partial charge is 0.455 e. The summed E-state index contributed by atoms with van der Waals surface area (Å²) in [6.07, 6.45) is 0.107. The van der Waals surface area contributed by atoms with Gasteiger partial charge in [-0.2, -0.15) is 8.42 Å². The topological polar surface area (TPSA) is 112 Å². The molecule has 0 spiro atoms. The molecule has 1 N–H and O–H groups in total. The van der Waals surface area contributed by atoms with Crippen LogP contribution >= 0.6 is 0 Å². The number of aryl methyl sites for hydroxylation is 1. The van der Waals surface area contributed by atoms with Crippen LogP contribution in [0.15, 0.2) is 29.2 Å². The summed E-state index contributed by atoms with van der Waals surface area (Å²) in [6.45, 7) is 7.49. The highest BCUT2D eigenvalue weighted by Gasteiger charge is 2.27. The van der Waals surface area contributed by atoms with Gasteiger partial charge in [0.2, 0.25) is 0 Å². The Hall–Kier alpha value is -1.81. The summed E-state index contributed by atoms with van der Waals surface area (Å²) in [6, 6.07) is 6.30. The molecule has 8 nitrogen and oxygen atoms in total. The van der Waals surface area contributed by atoms with Crippen LogP contribution in [0.5, 0.6) is 0 Å². The minimum atomic E-state index is -3.92. The van der Waals surface area contributed by atoms with Gasteiger partial charge in [0.1, 0.15) is 11.3 Å². The summed E-state index contributed by atoms with van der Waals surface area (Å²) in [5, 5.41) is 8.14. The van der Waals surface area contributed by atoms with Crippen molar-refractivity contribution < 1.29 is 31.6 Å². The zero-order valence-electron chi connectivity index (χ0n) is 17.7. The summed E-state index contributed by atoms with van der Waals surface area (Å²) < 4.78 is 45.3. The Labute approximate surface area is 173 Å². The smallest absolute Gasteiger partial charge is 0.352 e. The minimum absolute atomic E-state index is 0.0510. The Morgan fingerprint density at radius 3 is 2.28 bits per heavy atom. The molecule has 0 fully saturated rings. The predicted molar refractivity (Wildman–Crippen MR) is 109 cm³/mol. The molecule has 0 saturated carbocycles. The highest BCUT2D eigenvalue weighted by atomic mass is 32.2. The second-order valence-corrected chi connectivity index (χ2v) is 9.17. The fraction of sp³-hybridized carbons (Fsp3) is 0.600. The number of ether oxygens (including phenoxy) is 3. The quantitative estimate of drug-likeness (QED) is 0.235. The number of hydrogen-bond acceptors (Lipinski definition) is 8. The van der Waals surface area contributed by atoms with Crippen LogP contribution in [-0.2, 0) is 33.3 Å². The minimum Gasteiger partial charge on any atom is -0.455 e. The Kier molecular flexibility index (Phi) is 9.91. The molecule has 0 aliphatic rings. The van der Waals surface area contributed by atoms with E-state index in [1.54, 1.807) is 32.9 Å². The summed E-state index contributed by atoms with van der Waals surface area (Å²) in [5.74, 6) is -1.44. The molecule has 0 aliphatic carbocycles. The number of rotatable bonds is 12. The monoisotopic (exact) mass is 429 g/mol. The van der Waals surface area contributed by atoms with Crippen LogP contribution in [0.4, 0.5) is 0 Å². The van der Waals surface area contributed by atoms with Gasteiger partial charge in [0.15, 0.2) is 0 Å². The lowest BCUT2D eigenvalue weighted by molar-refractivity contribution is -0.146. The van der Waals surface area contributed by atoms with Gasteiger partial charge in [-0.1, -0.05) is 17.7 Å². The van der Waals surface area contributed by atoms with Gasteiger partial charge in [0.05, 0.1) is 31.3 Å². The number of benzene rings is 1. The molecule has 0 bridgehead atoms. The van der Waals surface area contributed by atoms with E-state index in [1.807, 2.05) is 6.92 Å². The number of carbonyl (C=O) groups excluding carboxylic acids is 1. The van der Waals surface area contributed by atoms with Crippen LogP contribution in [0.2, 0.25) is 0 Å². The number of carbonyl (C=O) groups is 1. The summed E-state index contributed by atoms with van der Waals surface area (Å²) in [7, 11) is -2.39. The van der Waals surface area contributed by atoms with E-state index in [2.05, 4.69) is 0 Å². The van der Waals surface area contributed by atoms with Crippen LogP contribution in [0.1, 0.15) is 32.8 Å². The van der Waals surface area contributed by atoms with Crippen molar-refractivity contribution in [2.24, 2.45) is 5.92 Å². The van der Waals surface area contributed by atoms with Gasteiger partial charge in [0.25, 0.3) is 10.1 Å². The second-order valence-electron chi connectivity index (χ2n) is 7.56. The summed E-state index contributed by atoms with van der Waals surface area (Å²) in [5.41, 5.74) is -0.0902. The Bertz CT molecular complexity index is 767. The zero-order valence-corrected chi connectivity index (χ0v) is 18.5. The van der Waals surface area contributed by atoms with Gasteiger partial charge in [-0.3, -0.25) is 9.59 Å². The van der Waals surface area contributed by atoms with Crippen molar-refractivity contribution >= 4 is 21.8 Å². The summed E-state index contributed by atoms with van der Waals surface area (Å²) in [4.78, 5) is 12.3. The molecule has 0 aliphatic heterocycles. The molecule has 1 aromatic rings. The normalized spacial score (nSPS) is 13.1. The Morgan fingerprint density at radius 1 is 1.10 bits per heavy atom. The number of esters is 1. The van der Waals surface area contributed by atoms with Crippen molar-refractivity contribution in [1.82, 2.24) is 0 Å². The molecule has 0 aromatic heterocycles. The zero-order chi connectivity index (χ0) is 22.1. The standard InChI is InChI=1S/C20H31NO7S/c1-15-6-8-17(9-7-15)29(23,24)27-11-10-16(14-26-13-12-25-5)18(21)19(22)28-20(2,3)4/h6-9,16,21H,10-14H2,1-5H3. The summed E-state index contributed by atoms with van der Waals surface area (Å²) >= 11 is 0. The van der Waals surface area contributed by atoms with Crippen molar-refractivity contribution in [3.05, 3.63) is 29.8 Å². The lowest BCUT2D eigenvalue weighted by Gasteiger charge is -2.23. The van der Waals surface area contributed by atoms with E-state index >= 15 is 0 Å². The molecular formula is C20H31NO7S. The lowest BCUT2D eigenvalue weighted by Crippen LogP contribution is -2.35. The van der Waals surface area contributed by atoms with Crippen molar-refractivity contribution in [2.75, 3.05) is 33.5 Å². The third kappa shape index (κ3) is 9.49. The average molecular weight is 430 g/mol. The first-order valence-electron chi connectivity index (χ1n) is 9.31. The van der Waals surface area contributed by atoms with Crippen LogP contribution in [0.25, 0.3) is 0 Å². The van der Waals surface area contributed by atoms with E-state index < -0.39 is 27.6 Å². The second kappa shape index (κ2) is 11.4. The van der Waals surface area contributed by atoms with Crippen molar-refractivity contribution in [3.8, 4) is 0 Å². The molecule has 164 valence electrons.